The lowest BCUT2D eigenvalue weighted by molar-refractivity contribution is 0.0696. The van der Waals surface area contributed by atoms with Crippen LogP contribution in [0.1, 0.15) is 28.9 Å². The van der Waals surface area contributed by atoms with E-state index in [0.717, 1.165) is 18.5 Å². The molecule has 1 aliphatic heterocycles. The monoisotopic (exact) mass is 405 g/mol. The molecule has 3 heterocycles. The van der Waals surface area contributed by atoms with Crippen molar-refractivity contribution >= 4 is 16.2 Å². The molecule has 150 valence electrons. The number of rotatable bonds is 6. The summed E-state index contributed by atoms with van der Waals surface area (Å²) in [4.78, 5) is 23.6. The van der Waals surface area contributed by atoms with E-state index in [1.807, 2.05) is 6.07 Å². The fourth-order valence-electron chi connectivity index (χ4n) is 3.29. The van der Waals surface area contributed by atoms with Gasteiger partial charge in [0.25, 0.3) is 10.2 Å². The van der Waals surface area contributed by atoms with Gasteiger partial charge in [-0.25, -0.2) is 14.8 Å². The van der Waals surface area contributed by atoms with Crippen LogP contribution in [0.4, 0.5) is 0 Å². The topological polar surface area (TPSA) is 117 Å². The average Bonchev–Trinajstić information content (AvgIpc) is 2.68. The van der Waals surface area contributed by atoms with Gasteiger partial charge in [-0.15, -0.1) is 0 Å². The van der Waals surface area contributed by atoms with Crippen LogP contribution in [0, 0.1) is 5.92 Å². The predicted octanol–water partition coefficient (Wildman–Crippen LogP) is 1.30. The van der Waals surface area contributed by atoms with Crippen molar-refractivity contribution < 1.29 is 18.3 Å². The van der Waals surface area contributed by atoms with E-state index < -0.39 is 16.2 Å². The molecule has 2 aromatic heterocycles. The molecule has 0 bridgehead atoms. The van der Waals surface area contributed by atoms with Gasteiger partial charge in [-0.05, 0) is 37.3 Å². The second kappa shape index (κ2) is 8.29. The van der Waals surface area contributed by atoms with Crippen LogP contribution in [0.15, 0.2) is 30.9 Å². The van der Waals surface area contributed by atoms with E-state index in [4.69, 9.17) is 5.11 Å². The highest BCUT2D eigenvalue weighted by Crippen LogP contribution is 2.24. The Hall–Kier alpha value is -2.43. The molecule has 1 N–H and O–H groups in total. The van der Waals surface area contributed by atoms with Gasteiger partial charge in [0.05, 0.1) is 11.3 Å². The van der Waals surface area contributed by atoms with Crippen LogP contribution < -0.4 is 0 Å². The van der Waals surface area contributed by atoms with Crippen LogP contribution in [0.2, 0.25) is 0 Å². The van der Waals surface area contributed by atoms with Gasteiger partial charge in [0.2, 0.25) is 0 Å². The van der Waals surface area contributed by atoms with E-state index >= 15 is 0 Å². The van der Waals surface area contributed by atoms with Gasteiger partial charge in [0, 0.05) is 50.8 Å². The van der Waals surface area contributed by atoms with Gasteiger partial charge in [-0.3, -0.25) is 4.98 Å². The van der Waals surface area contributed by atoms with Gasteiger partial charge < -0.3 is 5.11 Å². The number of piperidine rings is 1. The summed E-state index contributed by atoms with van der Waals surface area (Å²) in [5.74, 6) is -0.886. The van der Waals surface area contributed by atoms with E-state index in [1.54, 1.807) is 6.20 Å². The minimum absolute atomic E-state index is 0.0921. The molecule has 28 heavy (non-hydrogen) atoms. The zero-order valence-corrected chi connectivity index (χ0v) is 16.6. The van der Waals surface area contributed by atoms with Crippen LogP contribution in [0.25, 0.3) is 11.3 Å². The Labute approximate surface area is 164 Å². The van der Waals surface area contributed by atoms with Crippen LogP contribution in [0.3, 0.4) is 0 Å². The number of pyridine rings is 1. The number of carboxylic acids is 1. The average molecular weight is 405 g/mol. The SMILES string of the molecule is CN(C)S(=O)(=O)N1CCCC(Cc2cc(-c3cncc(C(=O)O)c3)ncn2)C1. The number of hydrogen-bond acceptors (Lipinski definition) is 6. The molecule has 0 spiro atoms. The molecule has 0 amide bonds. The van der Waals surface area contributed by atoms with Crippen molar-refractivity contribution in [2.45, 2.75) is 19.3 Å². The smallest absolute Gasteiger partial charge is 0.337 e. The number of hydrogen-bond donors (Lipinski definition) is 1. The standard InChI is InChI=1S/C18H23N5O4S/c1-22(2)28(26,27)23-5-3-4-13(11-23)6-16-8-17(21-12-20-16)14-7-15(18(24)25)10-19-9-14/h7-10,12-13H,3-6,11H2,1-2H3,(H,24,25). The Morgan fingerprint density at radius 3 is 2.79 bits per heavy atom. The first-order valence-corrected chi connectivity index (χ1v) is 10.3. The minimum Gasteiger partial charge on any atom is -0.478 e. The molecule has 9 nitrogen and oxygen atoms in total. The highest BCUT2D eigenvalue weighted by Gasteiger charge is 2.30. The maximum absolute atomic E-state index is 12.4. The summed E-state index contributed by atoms with van der Waals surface area (Å²) in [6, 6.07) is 3.33. The number of aromatic nitrogens is 3. The van der Waals surface area contributed by atoms with E-state index in [0.29, 0.717) is 30.8 Å². The van der Waals surface area contributed by atoms with Crippen molar-refractivity contribution in [1.82, 2.24) is 23.6 Å². The summed E-state index contributed by atoms with van der Waals surface area (Å²) >= 11 is 0. The normalized spacial score (nSPS) is 18.3. The van der Waals surface area contributed by atoms with E-state index in [-0.39, 0.29) is 11.5 Å². The third-order valence-electron chi connectivity index (χ3n) is 4.77. The summed E-state index contributed by atoms with van der Waals surface area (Å²) in [6.45, 7) is 0.982. The third-order valence-corrected chi connectivity index (χ3v) is 6.68. The quantitative estimate of drug-likeness (QED) is 0.770. The molecular weight excluding hydrogens is 382 g/mol. The van der Waals surface area contributed by atoms with Crippen LogP contribution in [0.5, 0.6) is 0 Å². The summed E-state index contributed by atoms with van der Waals surface area (Å²) in [7, 11) is -0.346. The zero-order chi connectivity index (χ0) is 20.3. The van der Waals surface area contributed by atoms with Gasteiger partial charge in [-0.1, -0.05) is 0 Å². The predicted molar refractivity (Wildman–Crippen MR) is 103 cm³/mol. The minimum atomic E-state index is -3.42. The van der Waals surface area contributed by atoms with E-state index in [9.17, 15) is 13.2 Å². The molecule has 0 aliphatic carbocycles. The first-order chi connectivity index (χ1) is 13.3. The molecular formula is C18H23N5O4S. The molecule has 1 atom stereocenters. The van der Waals surface area contributed by atoms with Crippen molar-refractivity contribution in [1.29, 1.82) is 0 Å². The number of carboxylic acid groups (broad SMARTS) is 1. The Bertz CT molecular complexity index is 964. The second-order valence-electron chi connectivity index (χ2n) is 7.02. The van der Waals surface area contributed by atoms with Crippen molar-refractivity contribution in [2.24, 2.45) is 5.92 Å². The summed E-state index contributed by atoms with van der Waals surface area (Å²) in [5, 5.41) is 9.13. The Morgan fingerprint density at radius 2 is 2.07 bits per heavy atom. The van der Waals surface area contributed by atoms with E-state index in [2.05, 4.69) is 15.0 Å². The maximum Gasteiger partial charge on any atom is 0.337 e. The van der Waals surface area contributed by atoms with Crippen molar-refractivity contribution in [3.63, 3.8) is 0 Å². The summed E-state index contributed by atoms with van der Waals surface area (Å²) in [6.07, 6.45) is 6.64. The van der Waals surface area contributed by atoms with Crippen molar-refractivity contribution in [3.05, 3.63) is 42.1 Å². The molecule has 0 aromatic carbocycles. The lowest BCUT2D eigenvalue weighted by Gasteiger charge is -2.33. The van der Waals surface area contributed by atoms with Gasteiger partial charge >= 0.3 is 5.97 Å². The van der Waals surface area contributed by atoms with E-state index in [1.165, 1.54) is 41.3 Å². The molecule has 1 aliphatic rings. The fourth-order valence-corrected chi connectivity index (χ4v) is 4.51. The fraction of sp³-hybridized carbons (Fsp3) is 0.444. The lowest BCUT2D eigenvalue weighted by Crippen LogP contribution is -2.45. The molecule has 1 saturated heterocycles. The summed E-state index contributed by atoms with van der Waals surface area (Å²) in [5.41, 5.74) is 2.08. The highest BCUT2D eigenvalue weighted by atomic mass is 32.2. The van der Waals surface area contributed by atoms with Crippen LogP contribution in [-0.2, 0) is 16.6 Å². The first-order valence-electron chi connectivity index (χ1n) is 8.94. The molecule has 1 unspecified atom stereocenters. The second-order valence-corrected chi connectivity index (χ2v) is 9.16. The van der Waals surface area contributed by atoms with Crippen LogP contribution in [-0.4, -0.2) is 70.2 Å². The Morgan fingerprint density at radius 1 is 1.29 bits per heavy atom. The van der Waals surface area contributed by atoms with Crippen molar-refractivity contribution in [3.8, 4) is 11.3 Å². The van der Waals surface area contributed by atoms with Gasteiger partial charge in [-0.2, -0.15) is 17.0 Å². The Kier molecular flexibility index (Phi) is 6.01. The Balaban J connectivity index is 1.76. The third kappa shape index (κ3) is 4.51. The summed E-state index contributed by atoms with van der Waals surface area (Å²) < 4.78 is 27.5. The zero-order valence-electron chi connectivity index (χ0n) is 15.8. The molecule has 0 radical (unpaired) electrons. The van der Waals surface area contributed by atoms with Crippen LogP contribution >= 0.6 is 0 Å². The molecule has 1 fully saturated rings. The van der Waals surface area contributed by atoms with Crippen molar-refractivity contribution in [2.75, 3.05) is 27.2 Å². The molecule has 0 saturated carbocycles. The lowest BCUT2D eigenvalue weighted by atomic mass is 9.94. The van der Waals surface area contributed by atoms with Gasteiger partial charge in [0.1, 0.15) is 6.33 Å². The number of aromatic carboxylic acids is 1. The number of nitrogens with zero attached hydrogens (tertiary/aromatic N) is 5. The van der Waals surface area contributed by atoms with Gasteiger partial charge in [0.15, 0.2) is 0 Å². The maximum atomic E-state index is 12.4. The molecule has 10 heteroatoms. The first kappa shape index (κ1) is 20.3. The number of carbonyl (C=O) groups is 1. The highest BCUT2D eigenvalue weighted by molar-refractivity contribution is 7.86. The largest absolute Gasteiger partial charge is 0.478 e. The molecule has 2 aromatic rings. The molecule has 3 rings (SSSR count).